The van der Waals surface area contributed by atoms with Crippen LogP contribution in [0.15, 0.2) is 29.3 Å². The number of nitrogens with zero attached hydrogens (tertiary/aromatic N) is 4. The SMILES string of the molecule is CC(C)c1cc2c(cc1Nc1ncc(C(F)(F)F)c(-c3cc4c(s3)C(=O)N(C3CC3)CCS4(=O)=O)n1)CCN(CC1COC1)C2. The molecule has 2 aromatic heterocycles. The molecule has 0 atom stereocenters. The summed E-state index contributed by atoms with van der Waals surface area (Å²) in [6, 6.07) is 5.34. The molecule has 1 aliphatic carbocycles. The van der Waals surface area contributed by atoms with E-state index in [2.05, 4.69) is 40.1 Å². The van der Waals surface area contributed by atoms with Crippen molar-refractivity contribution in [2.75, 3.05) is 43.9 Å². The van der Waals surface area contributed by atoms with Gasteiger partial charge in [0.25, 0.3) is 5.91 Å². The van der Waals surface area contributed by atoms with Crippen LogP contribution in [0.3, 0.4) is 0 Å². The normalized spacial score (nSPS) is 20.5. The van der Waals surface area contributed by atoms with Crippen molar-refractivity contribution in [1.29, 1.82) is 0 Å². The lowest BCUT2D eigenvalue weighted by Gasteiger charge is -2.35. The number of hydrogen-bond donors (Lipinski definition) is 1. The van der Waals surface area contributed by atoms with Crippen LogP contribution in [0.1, 0.15) is 64.5 Å². The number of ether oxygens (including phenoxy) is 1. The van der Waals surface area contributed by atoms with Gasteiger partial charge in [0, 0.05) is 50.0 Å². The Hall–Kier alpha value is -3.07. The van der Waals surface area contributed by atoms with Gasteiger partial charge >= 0.3 is 6.18 Å². The van der Waals surface area contributed by atoms with Crippen molar-refractivity contribution in [3.05, 3.63) is 51.5 Å². The van der Waals surface area contributed by atoms with E-state index < -0.39 is 33.2 Å². The lowest BCUT2D eigenvalue weighted by molar-refractivity contribution is -0.137. The van der Waals surface area contributed by atoms with Crippen LogP contribution in [0.4, 0.5) is 24.8 Å². The number of nitrogens with one attached hydrogen (secondary N) is 1. The van der Waals surface area contributed by atoms with Gasteiger partial charge in [-0.2, -0.15) is 13.2 Å². The maximum absolute atomic E-state index is 14.2. The summed E-state index contributed by atoms with van der Waals surface area (Å²) in [7, 11) is -3.88. The molecule has 5 heterocycles. The number of benzene rings is 1. The lowest BCUT2D eigenvalue weighted by atomic mass is 9.91. The fourth-order valence-corrected chi connectivity index (χ4v) is 9.23. The van der Waals surface area contributed by atoms with Crippen LogP contribution >= 0.6 is 11.3 Å². The molecular weight excluding hydrogens is 628 g/mol. The van der Waals surface area contributed by atoms with Gasteiger partial charge in [0.1, 0.15) is 10.4 Å². The van der Waals surface area contributed by atoms with E-state index in [0.717, 1.165) is 80.9 Å². The smallest absolute Gasteiger partial charge is 0.381 e. The van der Waals surface area contributed by atoms with Crippen molar-refractivity contribution in [2.45, 2.75) is 62.7 Å². The first-order valence-electron chi connectivity index (χ1n) is 15.2. The van der Waals surface area contributed by atoms with E-state index in [1.807, 2.05) is 6.07 Å². The number of carbonyl (C=O) groups is 1. The van der Waals surface area contributed by atoms with Crippen LogP contribution in [0.5, 0.6) is 0 Å². The fourth-order valence-electron chi connectivity index (χ4n) is 6.31. The maximum Gasteiger partial charge on any atom is 0.420 e. The summed E-state index contributed by atoms with van der Waals surface area (Å²) in [6.45, 7) is 8.53. The molecule has 0 radical (unpaired) electrons. The summed E-state index contributed by atoms with van der Waals surface area (Å²) in [5.41, 5.74) is 2.55. The number of thiophene rings is 1. The van der Waals surface area contributed by atoms with E-state index in [0.29, 0.717) is 5.92 Å². The molecule has 1 aromatic carbocycles. The zero-order chi connectivity index (χ0) is 31.7. The molecule has 3 aliphatic heterocycles. The first kappa shape index (κ1) is 30.6. The van der Waals surface area contributed by atoms with E-state index in [4.69, 9.17) is 4.74 Å². The van der Waals surface area contributed by atoms with Gasteiger partial charge in [0.2, 0.25) is 5.95 Å². The molecule has 45 heavy (non-hydrogen) atoms. The molecule has 2 fully saturated rings. The Morgan fingerprint density at radius 1 is 1.13 bits per heavy atom. The van der Waals surface area contributed by atoms with E-state index in [1.54, 1.807) is 0 Å². The van der Waals surface area contributed by atoms with Gasteiger partial charge in [-0.3, -0.25) is 9.69 Å². The third kappa shape index (κ3) is 5.97. The Balaban J connectivity index is 1.24. The van der Waals surface area contributed by atoms with Crippen molar-refractivity contribution < 1.29 is 31.1 Å². The molecule has 0 spiro atoms. The monoisotopic (exact) mass is 661 g/mol. The Bertz CT molecular complexity index is 1770. The van der Waals surface area contributed by atoms with Gasteiger partial charge in [0.05, 0.1) is 34.4 Å². The molecule has 14 heteroatoms. The number of aromatic nitrogens is 2. The highest BCUT2D eigenvalue weighted by atomic mass is 32.2. The minimum atomic E-state index is -4.80. The average Bonchev–Trinajstić information content (AvgIpc) is 3.70. The Labute approximate surface area is 263 Å². The predicted octanol–water partition coefficient (Wildman–Crippen LogP) is 5.49. The topological polar surface area (TPSA) is 105 Å². The second-order valence-electron chi connectivity index (χ2n) is 12.7. The summed E-state index contributed by atoms with van der Waals surface area (Å²) < 4.78 is 74.3. The molecule has 9 nitrogen and oxygen atoms in total. The number of sulfone groups is 1. The van der Waals surface area contributed by atoms with Gasteiger partial charge in [-0.25, -0.2) is 18.4 Å². The predicted molar refractivity (Wildman–Crippen MR) is 164 cm³/mol. The standard InChI is InChI=1S/C31H34F3N5O4S2/c1-17(2)22-9-20-14-38(13-18-15-43-16-18)6-5-19(20)10-24(22)36-30-35-12-23(31(32,33)34)27(37-30)25-11-26-28(44-25)29(40)39(21-3-4-21)7-8-45(26,41)42/h9-12,17-18,21H,3-8,13-16H2,1-2H3,(H,35,36,37). The highest BCUT2D eigenvalue weighted by molar-refractivity contribution is 7.91. The van der Waals surface area contributed by atoms with Crippen LogP contribution < -0.4 is 5.32 Å². The highest BCUT2D eigenvalue weighted by Crippen LogP contribution is 2.43. The van der Waals surface area contributed by atoms with Crippen molar-refractivity contribution >= 4 is 38.7 Å². The molecule has 1 saturated heterocycles. The number of halogens is 3. The summed E-state index contributed by atoms with van der Waals surface area (Å²) in [6.07, 6.45) is -1.67. The van der Waals surface area contributed by atoms with Crippen LogP contribution in [0.2, 0.25) is 0 Å². The van der Waals surface area contributed by atoms with E-state index in [-0.39, 0.29) is 44.9 Å². The summed E-state index contributed by atoms with van der Waals surface area (Å²) in [5, 5.41) is 3.17. The number of rotatable bonds is 7. The first-order chi connectivity index (χ1) is 21.4. The number of hydrogen-bond acceptors (Lipinski definition) is 9. The molecule has 240 valence electrons. The Kier molecular flexibility index (Phi) is 7.69. The van der Waals surface area contributed by atoms with Crippen LogP contribution in [-0.2, 0) is 33.7 Å². The minimum absolute atomic E-state index is 0.0306. The summed E-state index contributed by atoms with van der Waals surface area (Å²) in [5.74, 6) is -0.0948. The number of alkyl halides is 3. The largest absolute Gasteiger partial charge is 0.420 e. The molecule has 1 N–H and O–H groups in total. The second kappa shape index (κ2) is 11.3. The van der Waals surface area contributed by atoms with Gasteiger partial charge in [-0.15, -0.1) is 11.3 Å². The van der Waals surface area contributed by atoms with Crippen molar-refractivity contribution in [3.8, 4) is 10.6 Å². The van der Waals surface area contributed by atoms with Crippen LogP contribution in [-0.4, -0.2) is 78.7 Å². The quantitative estimate of drug-likeness (QED) is 0.355. The Morgan fingerprint density at radius 3 is 2.58 bits per heavy atom. The van der Waals surface area contributed by atoms with Gasteiger partial charge in [-0.1, -0.05) is 19.9 Å². The highest BCUT2D eigenvalue weighted by Gasteiger charge is 2.42. The second-order valence-corrected chi connectivity index (χ2v) is 15.8. The molecule has 1 saturated carbocycles. The summed E-state index contributed by atoms with van der Waals surface area (Å²) >= 11 is 0.742. The zero-order valence-electron chi connectivity index (χ0n) is 25.0. The van der Waals surface area contributed by atoms with E-state index in [1.165, 1.54) is 22.1 Å². The average molecular weight is 662 g/mol. The first-order valence-corrected chi connectivity index (χ1v) is 17.7. The van der Waals surface area contributed by atoms with Crippen molar-refractivity contribution in [3.63, 3.8) is 0 Å². The minimum Gasteiger partial charge on any atom is -0.381 e. The van der Waals surface area contributed by atoms with Gasteiger partial charge < -0.3 is 15.0 Å². The fraction of sp³-hybridized carbons (Fsp3) is 0.516. The molecule has 1 amide bonds. The van der Waals surface area contributed by atoms with E-state index >= 15 is 0 Å². The molecule has 4 aliphatic rings. The molecular formula is C31H34F3N5O4S2. The maximum atomic E-state index is 14.2. The third-order valence-electron chi connectivity index (χ3n) is 8.96. The zero-order valence-corrected chi connectivity index (χ0v) is 26.6. The third-order valence-corrected chi connectivity index (χ3v) is 11.9. The van der Waals surface area contributed by atoms with Gasteiger partial charge in [-0.05, 0) is 54.0 Å². The van der Waals surface area contributed by atoms with Crippen LogP contribution in [0.25, 0.3) is 10.6 Å². The van der Waals surface area contributed by atoms with Crippen LogP contribution in [0, 0.1) is 5.92 Å². The molecule has 0 unspecified atom stereocenters. The number of anilines is 2. The Morgan fingerprint density at radius 2 is 1.91 bits per heavy atom. The van der Waals surface area contributed by atoms with Crippen molar-refractivity contribution in [1.82, 2.24) is 19.8 Å². The molecule has 0 bridgehead atoms. The van der Waals surface area contributed by atoms with Crippen molar-refractivity contribution in [2.24, 2.45) is 5.92 Å². The number of fused-ring (bicyclic) bond motifs is 2. The molecule has 7 rings (SSSR count). The van der Waals surface area contributed by atoms with Gasteiger partial charge in [0.15, 0.2) is 9.84 Å². The molecule has 3 aromatic rings. The van der Waals surface area contributed by atoms with E-state index in [9.17, 15) is 26.4 Å². The number of carbonyl (C=O) groups excluding carboxylic acids is 1. The summed E-state index contributed by atoms with van der Waals surface area (Å²) in [4.78, 5) is 25.3. The number of amides is 1. The lowest BCUT2D eigenvalue weighted by Crippen LogP contribution is -2.41.